The van der Waals surface area contributed by atoms with Crippen molar-refractivity contribution in [2.75, 3.05) is 7.11 Å². The van der Waals surface area contributed by atoms with Gasteiger partial charge in [-0.05, 0) is 5.56 Å². The molecule has 0 fully saturated rings. The highest BCUT2D eigenvalue weighted by Crippen LogP contribution is 2.17. The molecule has 0 aliphatic heterocycles. The first-order valence-electron chi connectivity index (χ1n) is 4.22. The molecule has 0 radical (unpaired) electrons. The summed E-state index contributed by atoms with van der Waals surface area (Å²) in [7, 11) is 1.33. The van der Waals surface area contributed by atoms with E-state index in [0.29, 0.717) is 5.56 Å². The number of ether oxygens (including phenoxy) is 1. The number of carbonyl (C=O) groups excluding carboxylic acids is 1. The molecule has 0 spiro atoms. The molecule has 4 nitrogen and oxygen atoms in total. The molecule has 1 amide bonds. The van der Waals surface area contributed by atoms with E-state index in [4.69, 9.17) is 10.5 Å². The number of rotatable bonds is 4. The number of amides is 1. The maximum Gasteiger partial charge on any atom is 0.249 e. The Bertz CT molecular complexity index is 299. The molecule has 2 atom stereocenters. The number of aliphatic hydroxyl groups excluding tert-OH is 1. The van der Waals surface area contributed by atoms with Crippen LogP contribution in [0.25, 0.3) is 0 Å². The molecular weight excluding hydrogens is 182 g/mol. The summed E-state index contributed by atoms with van der Waals surface area (Å²) < 4.78 is 4.80. The van der Waals surface area contributed by atoms with Crippen molar-refractivity contribution in [3.63, 3.8) is 0 Å². The molecule has 0 aliphatic rings. The molecule has 0 heterocycles. The summed E-state index contributed by atoms with van der Waals surface area (Å²) in [5, 5.41) is 9.72. The van der Waals surface area contributed by atoms with Crippen LogP contribution in [0, 0.1) is 0 Å². The molecule has 76 valence electrons. The highest BCUT2D eigenvalue weighted by molar-refractivity contribution is 5.79. The molecule has 1 aromatic carbocycles. The van der Waals surface area contributed by atoms with Crippen LogP contribution in [0.3, 0.4) is 0 Å². The first-order valence-corrected chi connectivity index (χ1v) is 4.22. The van der Waals surface area contributed by atoms with Gasteiger partial charge >= 0.3 is 0 Å². The maximum absolute atomic E-state index is 10.9. The van der Waals surface area contributed by atoms with E-state index in [9.17, 15) is 9.90 Å². The minimum Gasteiger partial charge on any atom is -0.385 e. The Morgan fingerprint density at radius 2 is 2.00 bits per heavy atom. The number of nitrogens with two attached hydrogens (primary N) is 1. The van der Waals surface area contributed by atoms with Gasteiger partial charge in [0, 0.05) is 7.11 Å². The molecular formula is C10H13NO3. The van der Waals surface area contributed by atoms with Crippen LogP contribution in [-0.4, -0.2) is 24.2 Å². The Kier molecular flexibility index (Phi) is 3.62. The van der Waals surface area contributed by atoms with Crippen LogP contribution < -0.4 is 5.73 Å². The van der Waals surface area contributed by atoms with Gasteiger partial charge in [0.05, 0.1) is 0 Å². The van der Waals surface area contributed by atoms with E-state index >= 15 is 0 Å². The van der Waals surface area contributed by atoms with Crippen molar-refractivity contribution in [1.29, 1.82) is 0 Å². The van der Waals surface area contributed by atoms with Crippen molar-refractivity contribution in [2.45, 2.75) is 12.2 Å². The second kappa shape index (κ2) is 4.74. The number of primary amides is 1. The van der Waals surface area contributed by atoms with E-state index in [1.165, 1.54) is 7.11 Å². The summed E-state index contributed by atoms with van der Waals surface area (Å²) in [6.45, 7) is 0. The minimum atomic E-state index is -1.02. The van der Waals surface area contributed by atoms with Gasteiger partial charge in [-0.15, -0.1) is 0 Å². The molecule has 14 heavy (non-hydrogen) atoms. The summed E-state index contributed by atoms with van der Waals surface area (Å²) >= 11 is 0. The Morgan fingerprint density at radius 1 is 1.43 bits per heavy atom. The zero-order valence-electron chi connectivity index (χ0n) is 7.88. The van der Waals surface area contributed by atoms with E-state index < -0.39 is 18.1 Å². The van der Waals surface area contributed by atoms with Gasteiger partial charge < -0.3 is 15.6 Å². The predicted molar refractivity (Wildman–Crippen MR) is 51.4 cm³/mol. The van der Waals surface area contributed by atoms with Gasteiger partial charge in [-0.25, -0.2) is 0 Å². The molecule has 3 N–H and O–H groups in total. The summed E-state index contributed by atoms with van der Waals surface area (Å²) in [4.78, 5) is 10.9. The van der Waals surface area contributed by atoms with Gasteiger partial charge in [-0.3, -0.25) is 4.79 Å². The van der Waals surface area contributed by atoms with E-state index in [1.807, 2.05) is 6.07 Å². The Morgan fingerprint density at radius 3 is 2.43 bits per heavy atom. The van der Waals surface area contributed by atoms with Crippen molar-refractivity contribution in [3.05, 3.63) is 35.9 Å². The summed E-state index contributed by atoms with van der Waals surface area (Å²) in [5.74, 6) is -0.677. The van der Waals surface area contributed by atoms with E-state index in [-0.39, 0.29) is 0 Å². The van der Waals surface area contributed by atoms with Crippen LogP contribution in [0.2, 0.25) is 0 Å². The van der Waals surface area contributed by atoms with Crippen molar-refractivity contribution in [3.8, 4) is 0 Å². The number of hydrogen-bond donors (Lipinski definition) is 2. The predicted octanol–water partition coefficient (Wildman–Crippen LogP) is 0.220. The van der Waals surface area contributed by atoms with Gasteiger partial charge in [-0.2, -0.15) is 0 Å². The molecule has 0 aliphatic carbocycles. The van der Waals surface area contributed by atoms with Gasteiger partial charge in [0.2, 0.25) is 5.91 Å². The smallest absolute Gasteiger partial charge is 0.249 e. The topological polar surface area (TPSA) is 72.5 Å². The zero-order chi connectivity index (χ0) is 10.6. The number of methoxy groups -OCH3 is 1. The molecule has 0 saturated heterocycles. The van der Waals surface area contributed by atoms with Gasteiger partial charge in [-0.1, -0.05) is 30.3 Å². The lowest BCUT2D eigenvalue weighted by molar-refractivity contribution is -0.134. The van der Waals surface area contributed by atoms with Crippen molar-refractivity contribution < 1.29 is 14.6 Å². The monoisotopic (exact) mass is 195 g/mol. The Balaban J connectivity index is 2.83. The van der Waals surface area contributed by atoms with Crippen molar-refractivity contribution in [1.82, 2.24) is 0 Å². The lowest BCUT2D eigenvalue weighted by Gasteiger charge is -2.18. The Hall–Kier alpha value is -1.39. The summed E-state index contributed by atoms with van der Waals surface area (Å²) in [6.07, 6.45) is -2.02. The molecule has 0 saturated carbocycles. The number of hydrogen-bond acceptors (Lipinski definition) is 3. The number of carbonyl (C=O) groups is 1. The standard InChI is InChI=1S/C10H13NO3/c1-14-9(10(11)13)8(12)7-5-3-2-4-6-7/h2-6,8-9,12H,1H3,(H2,11,13)/t8-,9-/m0/s1. The molecule has 4 heteroatoms. The van der Waals surface area contributed by atoms with Crippen molar-refractivity contribution in [2.24, 2.45) is 5.73 Å². The van der Waals surface area contributed by atoms with E-state index in [0.717, 1.165) is 0 Å². The van der Waals surface area contributed by atoms with Crippen LogP contribution in [-0.2, 0) is 9.53 Å². The maximum atomic E-state index is 10.9. The largest absolute Gasteiger partial charge is 0.385 e. The van der Waals surface area contributed by atoms with Gasteiger partial charge in [0.25, 0.3) is 0 Å². The third-order valence-electron chi connectivity index (χ3n) is 1.96. The number of aliphatic hydroxyl groups is 1. The Labute approximate surface area is 82.3 Å². The third-order valence-corrected chi connectivity index (χ3v) is 1.96. The highest BCUT2D eigenvalue weighted by atomic mass is 16.5. The highest BCUT2D eigenvalue weighted by Gasteiger charge is 2.25. The second-order valence-corrected chi connectivity index (χ2v) is 2.91. The van der Waals surface area contributed by atoms with Crippen LogP contribution in [0.1, 0.15) is 11.7 Å². The lowest BCUT2D eigenvalue weighted by atomic mass is 10.0. The van der Waals surface area contributed by atoms with Crippen LogP contribution >= 0.6 is 0 Å². The SMILES string of the molecule is CO[C@H](C(N)=O)[C@@H](O)c1ccccc1. The first-order chi connectivity index (χ1) is 6.66. The molecule has 0 aromatic heterocycles. The van der Waals surface area contributed by atoms with E-state index in [1.54, 1.807) is 24.3 Å². The molecule has 1 rings (SSSR count). The lowest BCUT2D eigenvalue weighted by Crippen LogP contribution is -2.35. The van der Waals surface area contributed by atoms with Crippen LogP contribution in [0.15, 0.2) is 30.3 Å². The van der Waals surface area contributed by atoms with Crippen LogP contribution in [0.4, 0.5) is 0 Å². The zero-order valence-corrected chi connectivity index (χ0v) is 7.88. The fourth-order valence-electron chi connectivity index (χ4n) is 1.23. The molecule has 0 bridgehead atoms. The second-order valence-electron chi connectivity index (χ2n) is 2.91. The normalized spacial score (nSPS) is 14.7. The summed E-state index contributed by atoms with van der Waals surface area (Å²) in [5.41, 5.74) is 5.67. The van der Waals surface area contributed by atoms with Crippen molar-refractivity contribution >= 4 is 5.91 Å². The summed E-state index contributed by atoms with van der Waals surface area (Å²) in [6, 6.07) is 8.78. The van der Waals surface area contributed by atoms with Crippen LogP contribution in [0.5, 0.6) is 0 Å². The van der Waals surface area contributed by atoms with Gasteiger partial charge in [0.15, 0.2) is 6.10 Å². The minimum absolute atomic E-state index is 0.609. The third kappa shape index (κ3) is 2.31. The average Bonchev–Trinajstić information content (AvgIpc) is 2.19. The molecule has 0 unspecified atom stereocenters. The van der Waals surface area contributed by atoms with E-state index in [2.05, 4.69) is 0 Å². The first kappa shape index (κ1) is 10.7. The van der Waals surface area contributed by atoms with Gasteiger partial charge in [0.1, 0.15) is 6.10 Å². The fraction of sp³-hybridized carbons (Fsp3) is 0.300. The number of benzene rings is 1. The fourth-order valence-corrected chi connectivity index (χ4v) is 1.23. The molecule has 1 aromatic rings. The average molecular weight is 195 g/mol. The quantitative estimate of drug-likeness (QED) is 0.721.